The number of sulfonamides is 1. The first-order chi connectivity index (χ1) is 27.8. The van der Waals surface area contributed by atoms with E-state index in [1.165, 1.54) is 54.9 Å². The van der Waals surface area contributed by atoms with Gasteiger partial charge in [0.15, 0.2) is 11.6 Å². The number of aromatic nitrogens is 2. The highest BCUT2D eigenvalue weighted by atomic mass is 35.7. The van der Waals surface area contributed by atoms with E-state index in [1.54, 1.807) is 79.1 Å². The Balaban J connectivity index is 0.000000216. The van der Waals surface area contributed by atoms with Crippen LogP contribution in [0.25, 0.3) is 0 Å². The normalized spacial score (nSPS) is 11.1. The number of carbonyl (C=O) groups is 2. The van der Waals surface area contributed by atoms with Crippen molar-refractivity contribution in [2.75, 3.05) is 10.5 Å². The minimum absolute atomic E-state index is 0.0218. The monoisotopic (exact) mass is 896 g/mol. The number of rotatable bonds is 12. The Morgan fingerprint density at radius 3 is 1.44 bits per heavy atom. The quantitative estimate of drug-likeness (QED) is 0.0677. The smallest absolute Gasteiger partial charge is 0.261 e. The number of pyridine rings is 2. The fourth-order valence-corrected chi connectivity index (χ4v) is 7.16. The first-order valence-electron chi connectivity index (χ1n) is 17.6. The molecule has 308 valence electrons. The van der Waals surface area contributed by atoms with Crippen LogP contribution in [0.5, 0.6) is 11.5 Å². The van der Waals surface area contributed by atoms with Crippen molar-refractivity contribution in [1.82, 2.24) is 9.97 Å². The number of ether oxygens (including phenoxy) is 2. The zero-order chi connectivity index (χ0) is 43.3. The van der Waals surface area contributed by atoms with Crippen LogP contribution in [0.3, 0.4) is 0 Å². The lowest BCUT2D eigenvalue weighted by atomic mass is 10.0. The van der Waals surface area contributed by atoms with Crippen LogP contribution in [0.1, 0.15) is 59.5 Å². The molecule has 0 bridgehead atoms. The summed E-state index contributed by atoms with van der Waals surface area (Å²) in [5, 5.41) is 0.812. The van der Waals surface area contributed by atoms with Gasteiger partial charge in [-0.15, -0.1) is 0 Å². The third-order valence-corrected chi connectivity index (χ3v) is 10.8. The summed E-state index contributed by atoms with van der Waals surface area (Å²) in [6.45, 7) is 7.56. The van der Waals surface area contributed by atoms with E-state index in [0.717, 1.165) is 0 Å². The number of benzene rings is 4. The van der Waals surface area contributed by atoms with Gasteiger partial charge < -0.3 is 15.2 Å². The number of nitrogens with two attached hydrogens (primary N) is 1. The molecule has 0 aliphatic heterocycles. The van der Waals surface area contributed by atoms with Crippen molar-refractivity contribution in [1.29, 1.82) is 0 Å². The van der Waals surface area contributed by atoms with Gasteiger partial charge in [-0.1, -0.05) is 23.2 Å². The zero-order valence-corrected chi connectivity index (χ0v) is 35.9. The Labute approximate surface area is 357 Å². The van der Waals surface area contributed by atoms with Crippen LogP contribution < -0.4 is 19.9 Å². The molecule has 2 heterocycles. The van der Waals surface area contributed by atoms with Gasteiger partial charge in [0.05, 0.1) is 27.7 Å². The van der Waals surface area contributed by atoms with E-state index in [4.69, 9.17) is 49.1 Å². The fraction of sp³-hybridized carbons (Fsp3) is 0.143. The van der Waals surface area contributed by atoms with Crippen LogP contribution in [0.4, 0.5) is 11.4 Å². The Kier molecular flexibility index (Phi) is 16.4. The lowest BCUT2D eigenvalue weighted by molar-refractivity contribution is 0.103. The summed E-state index contributed by atoms with van der Waals surface area (Å²) >= 11 is 11.9. The van der Waals surface area contributed by atoms with Crippen LogP contribution in [0.2, 0.25) is 10.0 Å². The van der Waals surface area contributed by atoms with Crippen LogP contribution in [-0.2, 0) is 19.1 Å². The number of anilines is 2. The van der Waals surface area contributed by atoms with Crippen molar-refractivity contribution in [3.63, 3.8) is 0 Å². The van der Waals surface area contributed by atoms with Gasteiger partial charge in [-0.3, -0.25) is 24.3 Å². The largest absolute Gasteiger partial charge is 0.491 e. The van der Waals surface area contributed by atoms with Gasteiger partial charge in [-0.25, -0.2) is 16.8 Å². The standard InChI is InChI=1S/C21H19ClN2O4S.C12H9ClN2O.C9H11ClO3S/c1-14(2)28-17-4-6-18(7-5-17)29(26,27)24-20-8-3-16(22)13-19(20)21(25)15-9-11-23-12-10-15;13-9-1-2-11(14)10(7-9)12(16)8-3-5-15-6-4-8;1-7(2)13-8-3-5-9(6-4-8)14(10,11)12/h3-14,24H,1-2H3;1-7H,14H2;3-7H,1-2H3. The van der Waals surface area contributed by atoms with Gasteiger partial charge in [-0.05, 0) is 137 Å². The van der Waals surface area contributed by atoms with Crippen molar-refractivity contribution in [3.05, 3.63) is 166 Å². The number of hydrogen-bond acceptors (Lipinski definition) is 11. The molecule has 59 heavy (non-hydrogen) atoms. The highest BCUT2D eigenvalue weighted by Gasteiger charge is 2.21. The molecule has 0 fully saturated rings. The lowest BCUT2D eigenvalue weighted by Crippen LogP contribution is -2.16. The molecule has 4 aromatic carbocycles. The summed E-state index contributed by atoms with van der Waals surface area (Å²) in [6.07, 6.45) is 6.15. The summed E-state index contributed by atoms with van der Waals surface area (Å²) in [6, 6.07) is 27.7. The van der Waals surface area contributed by atoms with E-state index >= 15 is 0 Å². The van der Waals surface area contributed by atoms with E-state index in [9.17, 15) is 26.4 Å². The average Bonchev–Trinajstić information content (AvgIpc) is 3.19. The molecular formula is C42H39Cl3N4O8S2. The maximum Gasteiger partial charge on any atom is 0.261 e. The number of nitrogens with one attached hydrogen (secondary N) is 1. The van der Waals surface area contributed by atoms with Gasteiger partial charge in [0.2, 0.25) is 0 Å². The first kappa shape index (κ1) is 46.2. The van der Waals surface area contributed by atoms with Gasteiger partial charge in [0, 0.05) is 73.5 Å². The molecule has 6 rings (SSSR count). The molecule has 12 nitrogen and oxygen atoms in total. The molecule has 17 heteroatoms. The fourth-order valence-electron chi connectivity index (χ4n) is 4.96. The van der Waals surface area contributed by atoms with Crippen LogP contribution >= 0.6 is 33.9 Å². The van der Waals surface area contributed by atoms with Crippen molar-refractivity contribution < 1.29 is 35.9 Å². The molecule has 3 N–H and O–H groups in total. The molecule has 0 spiro atoms. The molecule has 0 aliphatic rings. The highest BCUT2D eigenvalue weighted by molar-refractivity contribution is 8.13. The second-order valence-electron chi connectivity index (χ2n) is 12.9. The van der Waals surface area contributed by atoms with E-state index in [0.29, 0.717) is 43.9 Å². The molecular weight excluding hydrogens is 859 g/mol. The molecule has 6 aromatic rings. The van der Waals surface area contributed by atoms with Crippen LogP contribution in [-0.4, -0.2) is 50.6 Å². The minimum atomic E-state index is -3.92. The molecule has 0 radical (unpaired) electrons. The number of hydrogen-bond donors (Lipinski definition) is 2. The average molecular weight is 898 g/mol. The Bertz CT molecular complexity index is 2580. The molecule has 0 atom stereocenters. The minimum Gasteiger partial charge on any atom is -0.491 e. The first-order valence-corrected chi connectivity index (χ1v) is 22.1. The van der Waals surface area contributed by atoms with E-state index in [1.807, 2.05) is 27.7 Å². The second-order valence-corrected chi connectivity index (χ2v) is 18.0. The Morgan fingerprint density at radius 2 is 1.00 bits per heavy atom. The number of carbonyl (C=O) groups excluding carboxylic acids is 2. The van der Waals surface area contributed by atoms with E-state index < -0.39 is 19.1 Å². The topological polar surface area (TPSA) is 185 Å². The predicted molar refractivity (Wildman–Crippen MR) is 231 cm³/mol. The molecule has 0 unspecified atom stereocenters. The maximum atomic E-state index is 12.9. The second kappa shape index (κ2) is 21.0. The predicted octanol–water partition coefficient (Wildman–Crippen LogP) is 9.50. The van der Waals surface area contributed by atoms with E-state index in [-0.39, 0.29) is 44.8 Å². The molecule has 2 aromatic heterocycles. The number of nitrogens with zero attached hydrogens (tertiary/aromatic N) is 2. The Morgan fingerprint density at radius 1 is 0.593 bits per heavy atom. The van der Waals surface area contributed by atoms with Gasteiger partial charge >= 0.3 is 0 Å². The van der Waals surface area contributed by atoms with Gasteiger partial charge in [0.25, 0.3) is 19.1 Å². The van der Waals surface area contributed by atoms with Crippen LogP contribution in [0, 0.1) is 0 Å². The Hall–Kier alpha value is -5.51. The third-order valence-electron chi connectivity index (χ3n) is 7.60. The van der Waals surface area contributed by atoms with Crippen molar-refractivity contribution >= 4 is 75.9 Å². The molecule has 0 saturated carbocycles. The summed E-state index contributed by atoms with van der Waals surface area (Å²) in [5.74, 6) is 0.679. The van der Waals surface area contributed by atoms with Gasteiger partial charge in [-0.2, -0.15) is 0 Å². The van der Waals surface area contributed by atoms with Crippen molar-refractivity contribution in [3.8, 4) is 11.5 Å². The molecule has 0 saturated heterocycles. The summed E-state index contributed by atoms with van der Waals surface area (Å²) in [5.41, 5.74) is 7.77. The SMILES string of the molecule is CC(C)Oc1ccc(S(=O)(=O)Cl)cc1.CC(C)Oc1ccc(S(=O)(=O)Nc2ccc(Cl)cc2C(=O)c2ccncc2)cc1.Nc1ccc(Cl)cc1C(=O)c1ccncc1. The van der Waals surface area contributed by atoms with Gasteiger partial charge in [0.1, 0.15) is 11.5 Å². The number of nitrogen functional groups attached to an aromatic ring is 1. The molecule has 0 amide bonds. The van der Waals surface area contributed by atoms with E-state index in [2.05, 4.69) is 14.7 Å². The summed E-state index contributed by atoms with van der Waals surface area (Å²) in [4.78, 5) is 32.8. The number of halogens is 3. The van der Waals surface area contributed by atoms with Crippen LogP contribution in [0.15, 0.2) is 144 Å². The lowest BCUT2D eigenvalue weighted by Gasteiger charge is -2.14. The zero-order valence-electron chi connectivity index (χ0n) is 32.0. The third kappa shape index (κ3) is 14.1. The van der Waals surface area contributed by atoms with Crippen molar-refractivity contribution in [2.24, 2.45) is 0 Å². The van der Waals surface area contributed by atoms with Crippen molar-refractivity contribution in [2.45, 2.75) is 49.7 Å². The summed E-state index contributed by atoms with van der Waals surface area (Å²) < 4.78 is 60.8. The number of ketones is 2. The molecule has 0 aliphatic carbocycles. The highest BCUT2D eigenvalue weighted by Crippen LogP contribution is 2.27. The summed E-state index contributed by atoms with van der Waals surface area (Å²) in [7, 11) is -2.41. The maximum absolute atomic E-state index is 12.9.